The summed E-state index contributed by atoms with van der Waals surface area (Å²) < 4.78 is 2.26. The van der Waals surface area contributed by atoms with Crippen LogP contribution in [0, 0.1) is 5.92 Å². The van der Waals surface area contributed by atoms with E-state index in [1.54, 1.807) is 11.3 Å². The van der Waals surface area contributed by atoms with E-state index >= 15 is 0 Å². The summed E-state index contributed by atoms with van der Waals surface area (Å²) in [5.74, 6) is 1.80. The van der Waals surface area contributed by atoms with E-state index in [4.69, 9.17) is 4.98 Å². The smallest absolute Gasteiger partial charge is 0.195 e. The molecule has 0 unspecified atom stereocenters. The SMILES string of the molecule is CC(C)CN(c1nc2sccn2c1CNC1CC1)C(C)C. The third kappa shape index (κ3) is 3.24. The summed E-state index contributed by atoms with van der Waals surface area (Å²) in [6.45, 7) is 11.0. The van der Waals surface area contributed by atoms with Gasteiger partial charge in [0.1, 0.15) is 0 Å². The van der Waals surface area contributed by atoms with E-state index in [1.165, 1.54) is 24.4 Å². The minimum Gasteiger partial charge on any atom is -0.352 e. The highest BCUT2D eigenvalue weighted by atomic mass is 32.1. The van der Waals surface area contributed by atoms with Gasteiger partial charge in [-0.25, -0.2) is 4.98 Å². The number of anilines is 1. The van der Waals surface area contributed by atoms with Gasteiger partial charge in [-0.05, 0) is 32.6 Å². The zero-order chi connectivity index (χ0) is 15.0. The third-order valence-electron chi connectivity index (χ3n) is 3.93. The Morgan fingerprint density at radius 3 is 2.76 bits per heavy atom. The van der Waals surface area contributed by atoms with Crippen LogP contribution in [-0.4, -0.2) is 28.0 Å². The van der Waals surface area contributed by atoms with Crippen LogP contribution in [0.3, 0.4) is 0 Å². The van der Waals surface area contributed by atoms with Crippen LogP contribution in [0.1, 0.15) is 46.2 Å². The predicted molar refractivity (Wildman–Crippen MR) is 90.3 cm³/mol. The van der Waals surface area contributed by atoms with Crippen molar-refractivity contribution in [3.63, 3.8) is 0 Å². The van der Waals surface area contributed by atoms with Crippen molar-refractivity contribution < 1.29 is 0 Å². The molecule has 2 aromatic heterocycles. The van der Waals surface area contributed by atoms with E-state index in [9.17, 15) is 0 Å². The number of imidazole rings is 1. The molecular formula is C16H26N4S. The van der Waals surface area contributed by atoms with E-state index in [-0.39, 0.29) is 0 Å². The van der Waals surface area contributed by atoms with Gasteiger partial charge in [0, 0.05) is 36.8 Å². The fourth-order valence-corrected chi connectivity index (χ4v) is 3.41. The number of hydrogen-bond donors (Lipinski definition) is 1. The molecule has 0 saturated heterocycles. The lowest BCUT2D eigenvalue weighted by atomic mass is 10.1. The largest absolute Gasteiger partial charge is 0.352 e. The fraction of sp³-hybridized carbons (Fsp3) is 0.688. The van der Waals surface area contributed by atoms with Crippen LogP contribution in [0.4, 0.5) is 5.82 Å². The number of nitrogens with zero attached hydrogens (tertiary/aromatic N) is 3. The summed E-state index contributed by atoms with van der Waals surface area (Å²) in [7, 11) is 0. The first-order chi connectivity index (χ1) is 10.1. The van der Waals surface area contributed by atoms with Gasteiger partial charge in [0.15, 0.2) is 10.8 Å². The molecule has 0 radical (unpaired) electrons. The van der Waals surface area contributed by atoms with E-state index in [0.717, 1.165) is 24.1 Å². The van der Waals surface area contributed by atoms with Gasteiger partial charge in [0.25, 0.3) is 0 Å². The quantitative estimate of drug-likeness (QED) is 0.849. The van der Waals surface area contributed by atoms with Crippen LogP contribution < -0.4 is 10.2 Å². The third-order valence-corrected chi connectivity index (χ3v) is 4.69. The maximum atomic E-state index is 4.91. The van der Waals surface area contributed by atoms with E-state index in [2.05, 4.69) is 53.9 Å². The first kappa shape index (κ1) is 14.9. The lowest BCUT2D eigenvalue weighted by molar-refractivity contribution is 0.562. The molecule has 0 amide bonds. The molecule has 0 aliphatic heterocycles. The number of fused-ring (bicyclic) bond motifs is 1. The van der Waals surface area contributed by atoms with E-state index < -0.39 is 0 Å². The normalized spacial score (nSPS) is 15.5. The molecule has 0 atom stereocenters. The molecule has 4 nitrogen and oxygen atoms in total. The molecule has 1 fully saturated rings. The second-order valence-corrected chi connectivity index (χ2v) is 7.61. The van der Waals surface area contributed by atoms with Gasteiger partial charge in [0.05, 0.1) is 5.69 Å². The van der Waals surface area contributed by atoms with Crippen molar-refractivity contribution >= 4 is 22.1 Å². The zero-order valence-corrected chi connectivity index (χ0v) is 14.3. The first-order valence-electron chi connectivity index (χ1n) is 8.00. The van der Waals surface area contributed by atoms with Crippen molar-refractivity contribution in [2.24, 2.45) is 5.92 Å². The van der Waals surface area contributed by atoms with Crippen molar-refractivity contribution in [1.29, 1.82) is 0 Å². The number of nitrogens with one attached hydrogen (secondary N) is 1. The van der Waals surface area contributed by atoms with Crippen molar-refractivity contribution in [3.8, 4) is 0 Å². The Hall–Kier alpha value is -1.07. The molecule has 2 aromatic rings. The Balaban J connectivity index is 1.93. The lowest BCUT2D eigenvalue weighted by Gasteiger charge is -2.29. The standard InChI is InChI=1S/C16H26N4S/c1-11(2)10-20(12(3)4)15-14(9-17-13-5-6-13)19-7-8-21-16(19)18-15/h7-8,11-13,17H,5-6,9-10H2,1-4H3. The Kier molecular flexibility index (Phi) is 4.22. The van der Waals surface area contributed by atoms with Gasteiger partial charge in [-0.2, -0.15) is 0 Å². The van der Waals surface area contributed by atoms with Crippen LogP contribution >= 0.6 is 11.3 Å². The minimum absolute atomic E-state index is 0.469. The van der Waals surface area contributed by atoms with Gasteiger partial charge in [0.2, 0.25) is 0 Å². The molecule has 1 N–H and O–H groups in total. The lowest BCUT2D eigenvalue weighted by Crippen LogP contribution is -2.35. The molecule has 1 aliphatic carbocycles. The van der Waals surface area contributed by atoms with Crippen LogP contribution in [-0.2, 0) is 6.54 Å². The van der Waals surface area contributed by atoms with Crippen molar-refractivity contribution in [1.82, 2.24) is 14.7 Å². The Bertz CT molecular complexity index is 594. The summed E-state index contributed by atoms with van der Waals surface area (Å²) in [4.78, 5) is 8.47. The average Bonchev–Trinajstić information content (AvgIpc) is 3.02. The van der Waals surface area contributed by atoms with Crippen molar-refractivity contribution in [2.75, 3.05) is 11.4 Å². The molecular weight excluding hydrogens is 280 g/mol. The minimum atomic E-state index is 0.469. The topological polar surface area (TPSA) is 32.6 Å². The Morgan fingerprint density at radius 2 is 2.14 bits per heavy atom. The second-order valence-electron chi connectivity index (χ2n) is 6.73. The maximum absolute atomic E-state index is 4.91. The molecule has 2 heterocycles. The summed E-state index contributed by atoms with van der Waals surface area (Å²) in [6, 6.07) is 1.19. The molecule has 0 spiro atoms. The zero-order valence-electron chi connectivity index (χ0n) is 13.5. The maximum Gasteiger partial charge on any atom is 0.195 e. The summed E-state index contributed by atoms with van der Waals surface area (Å²) in [5.41, 5.74) is 1.31. The summed E-state index contributed by atoms with van der Waals surface area (Å²) >= 11 is 1.72. The van der Waals surface area contributed by atoms with Gasteiger partial charge < -0.3 is 10.2 Å². The van der Waals surface area contributed by atoms with Gasteiger partial charge in [-0.3, -0.25) is 4.40 Å². The Morgan fingerprint density at radius 1 is 1.38 bits per heavy atom. The van der Waals surface area contributed by atoms with Crippen molar-refractivity contribution in [3.05, 3.63) is 17.3 Å². The highest BCUT2D eigenvalue weighted by Crippen LogP contribution is 2.28. The van der Waals surface area contributed by atoms with Gasteiger partial charge in [-0.15, -0.1) is 11.3 Å². The highest BCUT2D eigenvalue weighted by Gasteiger charge is 2.25. The van der Waals surface area contributed by atoms with Gasteiger partial charge >= 0.3 is 0 Å². The molecule has 0 aromatic carbocycles. The van der Waals surface area contributed by atoms with Crippen molar-refractivity contribution in [2.45, 2.75) is 59.2 Å². The highest BCUT2D eigenvalue weighted by molar-refractivity contribution is 7.15. The average molecular weight is 306 g/mol. The van der Waals surface area contributed by atoms with Gasteiger partial charge in [-0.1, -0.05) is 13.8 Å². The van der Waals surface area contributed by atoms with Crippen LogP contribution in [0.2, 0.25) is 0 Å². The van der Waals surface area contributed by atoms with Crippen LogP contribution in [0.25, 0.3) is 4.96 Å². The van der Waals surface area contributed by atoms with E-state index in [0.29, 0.717) is 12.0 Å². The number of thiazole rings is 1. The molecule has 0 bridgehead atoms. The number of hydrogen-bond acceptors (Lipinski definition) is 4. The number of rotatable bonds is 7. The molecule has 1 saturated carbocycles. The molecule has 5 heteroatoms. The molecule has 116 valence electrons. The fourth-order valence-electron chi connectivity index (χ4n) is 2.68. The second kappa shape index (κ2) is 5.97. The molecule has 1 aliphatic rings. The monoisotopic (exact) mass is 306 g/mol. The van der Waals surface area contributed by atoms with E-state index in [1.807, 2.05) is 0 Å². The van der Waals surface area contributed by atoms with Crippen LogP contribution in [0.15, 0.2) is 11.6 Å². The summed E-state index contributed by atoms with van der Waals surface area (Å²) in [6.07, 6.45) is 4.79. The van der Waals surface area contributed by atoms with Crippen LogP contribution in [0.5, 0.6) is 0 Å². The molecule has 21 heavy (non-hydrogen) atoms. The summed E-state index contributed by atoms with van der Waals surface area (Å²) in [5, 5.41) is 5.77. The molecule has 3 rings (SSSR count). The Labute approximate surface area is 131 Å². The number of aromatic nitrogens is 2. The predicted octanol–water partition coefficient (Wildman–Crippen LogP) is 3.52. The first-order valence-corrected chi connectivity index (χ1v) is 8.88.